The highest BCUT2D eigenvalue weighted by molar-refractivity contribution is 9.28. The summed E-state index contributed by atoms with van der Waals surface area (Å²) in [7, 11) is 0. The van der Waals surface area contributed by atoms with Gasteiger partial charge in [0.1, 0.15) is 12.2 Å². The van der Waals surface area contributed by atoms with Crippen molar-refractivity contribution in [2.24, 2.45) is 0 Å². The van der Waals surface area contributed by atoms with Crippen LogP contribution in [0.5, 0.6) is 0 Å². The van der Waals surface area contributed by atoms with Crippen LogP contribution in [0.3, 0.4) is 0 Å². The van der Waals surface area contributed by atoms with Gasteiger partial charge in [-0.1, -0.05) is 6.08 Å². The van der Waals surface area contributed by atoms with Gasteiger partial charge in [-0.15, -0.1) is 0 Å². The standard InChI is InChI=1S/C7H12Br2O4/c8-6(9)2-1-4(11)7(13)5(12)3-10/h2,4-5,7,10-13H,1,3H2/t4-,5-,7+/m1/s1. The van der Waals surface area contributed by atoms with Crippen molar-refractivity contribution in [3.63, 3.8) is 0 Å². The maximum atomic E-state index is 9.26. The molecule has 0 bridgehead atoms. The molecule has 78 valence electrons. The second-order valence-corrected chi connectivity index (χ2v) is 5.31. The Morgan fingerprint density at radius 3 is 2.08 bits per heavy atom. The lowest BCUT2D eigenvalue weighted by atomic mass is 10.1. The van der Waals surface area contributed by atoms with Crippen molar-refractivity contribution < 1.29 is 20.4 Å². The topological polar surface area (TPSA) is 80.9 Å². The normalized spacial score (nSPS) is 17.7. The lowest BCUT2D eigenvalue weighted by molar-refractivity contribution is -0.0747. The molecule has 0 unspecified atom stereocenters. The van der Waals surface area contributed by atoms with E-state index >= 15 is 0 Å². The first-order chi connectivity index (χ1) is 5.99. The predicted molar refractivity (Wildman–Crippen MR) is 55.7 cm³/mol. The zero-order valence-electron chi connectivity index (χ0n) is 6.77. The number of aliphatic hydroxyl groups excluding tert-OH is 4. The number of aliphatic hydroxyl groups is 4. The van der Waals surface area contributed by atoms with E-state index in [4.69, 9.17) is 10.2 Å². The summed E-state index contributed by atoms with van der Waals surface area (Å²) in [5.74, 6) is 0. The Morgan fingerprint density at radius 1 is 1.15 bits per heavy atom. The Labute approximate surface area is 93.2 Å². The molecule has 0 fully saturated rings. The smallest absolute Gasteiger partial charge is 0.108 e. The van der Waals surface area contributed by atoms with Crippen LogP contribution >= 0.6 is 31.9 Å². The van der Waals surface area contributed by atoms with Crippen molar-refractivity contribution in [3.05, 3.63) is 9.47 Å². The van der Waals surface area contributed by atoms with Crippen molar-refractivity contribution in [2.45, 2.75) is 24.7 Å². The minimum Gasteiger partial charge on any atom is -0.394 e. The zero-order valence-corrected chi connectivity index (χ0v) is 9.94. The van der Waals surface area contributed by atoms with E-state index in [1.165, 1.54) is 0 Å². The molecule has 0 aliphatic heterocycles. The molecule has 6 heteroatoms. The molecule has 0 radical (unpaired) electrons. The van der Waals surface area contributed by atoms with Crippen molar-refractivity contribution >= 4 is 31.9 Å². The minimum absolute atomic E-state index is 0.185. The fourth-order valence-electron chi connectivity index (χ4n) is 0.714. The van der Waals surface area contributed by atoms with Crippen molar-refractivity contribution in [2.75, 3.05) is 6.61 Å². The van der Waals surface area contributed by atoms with Gasteiger partial charge in [0, 0.05) is 0 Å². The molecule has 0 aliphatic rings. The van der Waals surface area contributed by atoms with E-state index in [0.29, 0.717) is 3.39 Å². The van der Waals surface area contributed by atoms with E-state index in [1.54, 1.807) is 6.08 Å². The van der Waals surface area contributed by atoms with Crippen molar-refractivity contribution in [1.82, 2.24) is 0 Å². The van der Waals surface area contributed by atoms with Crippen LogP contribution in [0, 0.1) is 0 Å². The van der Waals surface area contributed by atoms with E-state index in [2.05, 4.69) is 31.9 Å². The molecule has 0 aromatic heterocycles. The van der Waals surface area contributed by atoms with Crippen LogP contribution in [0.1, 0.15) is 6.42 Å². The third kappa shape index (κ3) is 5.77. The second kappa shape index (κ2) is 6.92. The van der Waals surface area contributed by atoms with Gasteiger partial charge in [0.2, 0.25) is 0 Å². The molecule has 0 spiro atoms. The van der Waals surface area contributed by atoms with Crippen LogP contribution < -0.4 is 0 Å². The maximum absolute atomic E-state index is 9.26. The molecule has 4 nitrogen and oxygen atoms in total. The van der Waals surface area contributed by atoms with Crippen LogP contribution in [0.25, 0.3) is 0 Å². The molecule has 0 aliphatic carbocycles. The summed E-state index contributed by atoms with van der Waals surface area (Å²) in [5.41, 5.74) is 0. The molecule has 0 aromatic rings. The first-order valence-electron chi connectivity index (χ1n) is 3.65. The molecule has 0 rings (SSSR count). The van der Waals surface area contributed by atoms with Gasteiger partial charge in [-0.3, -0.25) is 0 Å². The Morgan fingerprint density at radius 2 is 1.69 bits per heavy atom. The highest BCUT2D eigenvalue weighted by atomic mass is 79.9. The Bertz CT molecular complexity index is 170. The number of hydrogen-bond donors (Lipinski definition) is 4. The van der Waals surface area contributed by atoms with Crippen molar-refractivity contribution in [1.29, 1.82) is 0 Å². The number of halogens is 2. The fourth-order valence-corrected chi connectivity index (χ4v) is 1.09. The van der Waals surface area contributed by atoms with Crippen LogP contribution in [0.15, 0.2) is 9.47 Å². The summed E-state index contributed by atoms with van der Waals surface area (Å²) in [6.45, 7) is -0.572. The van der Waals surface area contributed by atoms with Gasteiger partial charge >= 0.3 is 0 Å². The Balaban J connectivity index is 3.95. The average molecular weight is 320 g/mol. The SMILES string of the molecule is OC[C@@H](O)[C@@H](O)[C@H](O)CC=C(Br)Br. The predicted octanol–water partition coefficient (Wildman–Crippen LogP) is 0.0827. The Hall–Kier alpha value is 0.540. The highest BCUT2D eigenvalue weighted by Crippen LogP contribution is 2.15. The average Bonchev–Trinajstić information content (AvgIpc) is 2.11. The Kier molecular flexibility index (Phi) is 7.20. The minimum atomic E-state index is -1.33. The zero-order chi connectivity index (χ0) is 10.4. The first-order valence-corrected chi connectivity index (χ1v) is 5.23. The molecule has 0 saturated heterocycles. The molecule has 0 amide bonds. The van der Waals surface area contributed by atoms with E-state index in [9.17, 15) is 10.2 Å². The number of hydrogen-bond acceptors (Lipinski definition) is 4. The molecule has 13 heavy (non-hydrogen) atoms. The highest BCUT2D eigenvalue weighted by Gasteiger charge is 2.22. The van der Waals surface area contributed by atoms with Crippen LogP contribution in [-0.4, -0.2) is 45.3 Å². The molecule has 4 N–H and O–H groups in total. The molecule has 0 heterocycles. The van der Waals surface area contributed by atoms with Gasteiger partial charge in [0.15, 0.2) is 0 Å². The van der Waals surface area contributed by atoms with Gasteiger partial charge < -0.3 is 20.4 Å². The van der Waals surface area contributed by atoms with Crippen LogP contribution in [0.4, 0.5) is 0 Å². The van der Waals surface area contributed by atoms with E-state index in [-0.39, 0.29) is 6.42 Å². The third-order valence-electron chi connectivity index (χ3n) is 1.49. The van der Waals surface area contributed by atoms with Gasteiger partial charge in [0.05, 0.1) is 16.1 Å². The summed E-state index contributed by atoms with van der Waals surface area (Å²) in [4.78, 5) is 0. The summed E-state index contributed by atoms with van der Waals surface area (Å²) < 4.78 is 0.657. The van der Waals surface area contributed by atoms with Gasteiger partial charge in [-0.05, 0) is 38.3 Å². The van der Waals surface area contributed by atoms with E-state index < -0.39 is 24.9 Å². The first kappa shape index (κ1) is 13.5. The van der Waals surface area contributed by atoms with Gasteiger partial charge in [0.25, 0.3) is 0 Å². The lowest BCUT2D eigenvalue weighted by Crippen LogP contribution is -2.39. The quantitative estimate of drug-likeness (QED) is 0.579. The van der Waals surface area contributed by atoms with E-state index in [0.717, 1.165) is 0 Å². The summed E-state index contributed by atoms with van der Waals surface area (Å²) in [6, 6.07) is 0. The fraction of sp³-hybridized carbons (Fsp3) is 0.714. The molecule has 0 aromatic carbocycles. The molecular weight excluding hydrogens is 308 g/mol. The molecule has 3 atom stereocenters. The van der Waals surface area contributed by atoms with Crippen LogP contribution in [0.2, 0.25) is 0 Å². The monoisotopic (exact) mass is 318 g/mol. The van der Waals surface area contributed by atoms with Gasteiger partial charge in [-0.25, -0.2) is 0 Å². The summed E-state index contributed by atoms with van der Waals surface area (Å²) in [5, 5.41) is 35.9. The third-order valence-corrected chi connectivity index (χ3v) is 2.14. The molecular formula is C7H12Br2O4. The largest absolute Gasteiger partial charge is 0.394 e. The van der Waals surface area contributed by atoms with Gasteiger partial charge in [-0.2, -0.15) is 0 Å². The maximum Gasteiger partial charge on any atom is 0.108 e. The number of rotatable bonds is 5. The van der Waals surface area contributed by atoms with E-state index in [1.807, 2.05) is 0 Å². The lowest BCUT2D eigenvalue weighted by Gasteiger charge is -2.20. The van der Waals surface area contributed by atoms with Crippen LogP contribution in [-0.2, 0) is 0 Å². The second-order valence-electron chi connectivity index (χ2n) is 2.54. The summed E-state index contributed by atoms with van der Waals surface area (Å²) in [6.07, 6.45) is -1.95. The van der Waals surface area contributed by atoms with Crippen molar-refractivity contribution in [3.8, 4) is 0 Å². The molecule has 0 saturated carbocycles. The summed E-state index contributed by atoms with van der Waals surface area (Å²) >= 11 is 6.16.